The lowest BCUT2D eigenvalue weighted by atomic mass is 10.4. The van der Waals surface area contributed by atoms with Crippen molar-refractivity contribution in [1.82, 2.24) is 9.38 Å². The van der Waals surface area contributed by atoms with Gasteiger partial charge >= 0.3 is 0 Å². The first-order chi connectivity index (χ1) is 5.95. The van der Waals surface area contributed by atoms with E-state index in [4.69, 9.17) is 0 Å². The molecule has 5 heteroatoms. The Bertz CT molecular complexity index is 453. The number of hydrogen-bond donors (Lipinski definition) is 1. The first kappa shape index (κ1) is 6.19. The molecular weight excluding hydrogens is 172 g/mol. The van der Waals surface area contributed by atoms with Gasteiger partial charge in [0.15, 0.2) is 10.8 Å². The van der Waals surface area contributed by atoms with Crippen molar-refractivity contribution in [2.45, 2.75) is 0 Å². The van der Waals surface area contributed by atoms with Gasteiger partial charge in [-0.25, -0.2) is 4.98 Å². The van der Waals surface area contributed by atoms with Crippen molar-refractivity contribution < 1.29 is 0 Å². The van der Waals surface area contributed by atoms with Crippen LogP contribution in [0.15, 0.2) is 16.6 Å². The fourth-order valence-electron chi connectivity index (χ4n) is 1.31. The molecular formula is C7H6N4S. The maximum Gasteiger partial charge on any atom is 0.196 e. The van der Waals surface area contributed by atoms with Gasteiger partial charge in [-0.05, 0) is 0 Å². The molecule has 0 saturated carbocycles. The topological polar surface area (TPSA) is 41.7 Å². The minimum atomic E-state index is 0.637. The van der Waals surface area contributed by atoms with E-state index in [0.717, 1.165) is 16.5 Å². The summed E-state index contributed by atoms with van der Waals surface area (Å²) in [5.41, 5.74) is 1.05. The summed E-state index contributed by atoms with van der Waals surface area (Å²) in [5, 5.41) is 5.13. The number of hydrogen-bond acceptors (Lipinski definition) is 4. The smallest absolute Gasteiger partial charge is 0.196 e. The van der Waals surface area contributed by atoms with Gasteiger partial charge in [-0.1, -0.05) is 0 Å². The van der Waals surface area contributed by atoms with Crippen LogP contribution in [0.3, 0.4) is 0 Å². The fraction of sp³-hybridized carbons (Fsp3) is 0.143. The Morgan fingerprint density at radius 3 is 3.58 bits per heavy atom. The Hall–Kier alpha value is -1.36. The highest BCUT2D eigenvalue weighted by atomic mass is 32.1. The van der Waals surface area contributed by atoms with Crippen LogP contribution in [-0.4, -0.2) is 22.3 Å². The number of thiazole rings is 1. The van der Waals surface area contributed by atoms with Crippen LogP contribution in [0.1, 0.15) is 5.69 Å². The fourth-order valence-corrected chi connectivity index (χ4v) is 2.03. The van der Waals surface area contributed by atoms with E-state index in [1.165, 1.54) is 0 Å². The number of fused-ring (bicyclic) bond motifs is 3. The molecule has 60 valence electrons. The highest BCUT2D eigenvalue weighted by Gasteiger charge is 2.12. The van der Waals surface area contributed by atoms with Crippen molar-refractivity contribution in [3.05, 3.63) is 17.3 Å². The van der Waals surface area contributed by atoms with Gasteiger partial charge < -0.3 is 5.32 Å². The molecule has 1 N–H and O–H groups in total. The molecule has 0 bridgehead atoms. The van der Waals surface area contributed by atoms with E-state index in [0.29, 0.717) is 6.67 Å². The van der Waals surface area contributed by atoms with Gasteiger partial charge in [0.25, 0.3) is 0 Å². The monoisotopic (exact) mass is 178 g/mol. The van der Waals surface area contributed by atoms with Crippen LogP contribution >= 0.6 is 11.3 Å². The largest absolute Gasteiger partial charge is 0.349 e. The molecule has 2 aromatic rings. The minimum absolute atomic E-state index is 0.637. The highest BCUT2D eigenvalue weighted by molar-refractivity contribution is 7.15. The second-order valence-corrected chi connectivity index (χ2v) is 3.42. The quantitative estimate of drug-likeness (QED) is 0.658. The van der Waals surface area contributed by atoms with Gasteiger partial charge in [-0.3, -0.25) is 9.39 Å². The van der Waals surface area contributed by atoms with Crippen LogP contribution in [-0.2, 0) is 0 Å². The lowest BCUT2D eigenvalue weighted by Crippen LogP contribution is -2.07. The molecule has 0 radical (unpaired) electrons. The molecule has 4 nitrogen and oxygen atoms in total. The van der Waals surface area contributed by atoms with Crippen LogP contribution in [0, 0.1) is 0 Å². The maximum atomic E-state index is 4.39. The minimum Gasteiger partial charge on any atom is -0.349 e. The second kappa shape index (κ2) is 2.07. The second-order valence-electron chi connectivity index (χ2n) is 2.55. The molecule has 2 aromatic heterocycles. The Morgan fingerprint density at radius 2 is 2.58 bits per heavy atom. The number of rotatable bonds is 0. The summed E-state index contributed by atoms with van der Waals surface area (Å²) < 4.78 is 2.04. The van der Waals surface area contributed by atoms with Gasteiger partial charge in [0, 0.05) is 11.6 Å². The Morgan fingerprint density at radius 1 is 1.58 bits per heavy atom. The Labute approximate surface area is 72.6 Å². The third kappa shape index (κ3) is 0.660. The van der Waals surface area contributed by atoms with Gasteiger partial charge in [0.2, 0.25) is 0 Å². The summed E-state index contributed by atoms with van der Waals surface area (Å²) in [6.45, 7) is 0.637. The zero-order chi connectivity index (χ0) is 7.97. The molecule has 0 aliphatic carbocycles. The number of nitrogens with one attached hydrogen (secondary N) is 1. The van der Waals surface area contributed by atoms with Crippen molar-refractivity contribution in [3.8, 4) is 0 Å². The molecule has 0 spiro atoms. The molecule has 0 atom stereocenters. The molecule has 3 rings (SSSR count). The molecule has 0 amide bonds. The molecule has 0 fully saturated rings. The van der Waals surface area contributed by atoms with Gasteiger partial charge in [0.1, 0.15) is 12.4 Å². The zero-order valence-electron chi connectivity index (χ0n) is 6.19. The van der Waals surface area contributed by atoms with Gasteiger partial charge in [-0.15, -0.1) is 11.3 Å². The lowest BCUT2D eigenvalue weighted by Gasteiger charge is -2.04. The van der Waals surface area contributed by atoms with Gasteiger partial charge in [0.05, 0.1) is 6.21 Å². The van der Waals surface area contributed by atoms with Crippen LogP contribution in [0.25, 0.3) is 4.96 Å². The van der Waals surface area contributed by atoms with Crippen molar-refractivity contribution in [2.75, 3.05) is 12.0 Å². The lowest BCUT2D eigenvalue weighted by molar-refractivity contribution is 1.09. The molecule has 12 heavy (non-hydrogen) atoms. The van der Waals surface area contributed by atoms with E-state index in [1.807, 2.05) is 22.2 Å². The van der Waals surface area contributed by atoms with Crippen LogP contribution in [0.2, 0.25) is 0 Å². The molecule has 0 aromatic carbocycles. The highest BCUT2D eigenvalue weighted by Crippen LogP contribution is 2.21. The standard InChI is InChI=1S/C7H6N4S/c1-2-12-7-10-6-5(11(1)7)3-8-4-9-6/h1-3,9H,4H2. The number of aromatic nitrogens is 2. The van der Waals surface area contributed by atoms with E-state index in [-0.39, 0.29) is 0 Å². The van der Waals surface area contributed by atoms with Crippen LogP contribution < -0.4 is 5.32 Å². The zero-order valence-corrected chi connectivity index (χ0v) is 7.01. The molecule has 3 heterocycles. The SMILES string of the molecule is C1=NCNc2nc3sccn3c21. The number of nitrogens with zero attached hydrogens (tertiary/aromatic N) is 3. The Balaban J connectivity index is 2.43. The summed E-state index contributed by atoms with van der Waals surface area (Å²) in [4.78, 5) is 9.54. The average Bonchev–Trinajstić information content (AvgIpc) is 2.62. The third-order valence-electron chi connectivity index (χ3n) is 1.85. The summed E-state index contributed by atoms with van der Waals surface area (Å²) in [5.74, 6) is 0.942. The van der Waals surface area contributed by atoms with Crippen molar-refractivity contribution in [3.63, 3.8) is 0 Å². The summed E-state index contributed by atoms with van der Waals surface area (Å²) >= 11 is 1.63. The van der Waals surface area contributed by atoms with E-state index in [2.05, 4.69) is 15.3 Å². The summed E-state index contributed by atoms with van der Waals surface area (Å²) in [6.07, 6.45) is 3.86. The number of imidazole rings is 1. The number of anilines is 1. The van der Waals surface area contributed by atoms with Crippen LogP contribution in [0.4, 0.5) is 5.82 Å². The summed E-state index contributed by atoms with van der Waals surface area (Å²) in [7, 11) is 0. The maximum absolute atomic E-state index is 4.39. The van der Waals surface area contributed by atoms with Crippen LogP contribution in [0.5, 0.6) is 0 Å². The normalized spacial score (nSPS) is 14.7. The van der Waals surface area contributed by atoms with E-state index in [1.54, 1.807) is 11.3 Å². The third-order valence-corrected chi connectivity index (χ3v) is 2.61. The Kier molecular flexibility index (Phi) is 1.07. The van der Waals surface area contributed by atoms with Crippen molar-refractivity contribution in [2.24, 2.45) is 4.99 Å². The van der Waals surface area contributed by atoms with Crippen molar-refractivity contribution in [1.29, 1.82) is 0 Å². The van der Waals surface area contributed by atoms with E-state index >= 15 is 0 Å². The number of aliphatic imine (C=N–C) groups is 1. The molecule has 1 aliphatic heterocycles. The molecule has 1 aliphatic rings. The predicted molar refractivity (Wildman–Crippen MR) is 49.2 cm³/mol. The first-order valence-electron chi connectivity index (χ1n) is 3.64. The summed E-state index contributed by atoms with van der Waals surface area (Å²) in [6, 6.07) is 0. The molecule has 0 saturated heterocycles. The first-order valence-corrected chi connectivity index (χ1v) is 4.52. The van der Waals surface area contributed by atoms with Crippen molar-refractivity contribution >= 4 is 28.3 Å². The molecule has 0 unspecified atom stereocenters. The average molecular weight is 178 g/mol. The van der Waals surface area contributed by atoms with E-state index < -0.39 is 0 Å². The van der Waals surface area contributed by atoms with E-state index in [9.17, 15) is 0 Å². The van der Waals surface area contributed by atoms with Gasteiger partial charge in [-0.2, -0.15) is 0 Å². The predicted octanol–water partition coefficient (Wildman–Crippen LogP) is 1.20.